The second kappa shape index (κ2) is 5.11. The second-order valence-electron chi connectivity index (χ2n) is 5.86. The highest BCUT2D eigenvalue weighted by atomic mass is 35.5. The predicted octanol–water partition coefficient (Wildman–Crippen LogP) is 4.10. The van der Waals surface area contributed by atoms with Crippen molar-refractivity contribution in [1.82, 2.24) is 4.57 Å². The number of nitrogens with zero attached hydrogens (tertiary/aromatic N) is 1. The lowest BCUT2D eigenvalue weighted by Gasteiger charge is -2.20. The van der Waals surface area contributed by atoms with Crippen LogP contribution in [0.3, 0.4) is 0 Å². The number of hydrogen-bond acceptors (Lipinski definition) is 3. The first-order chi connectivity index (χ1) is 9.20. The summed E-state index contributed by atoms with van der Waals surface area (Å²) in [5.74, 6) is 0. The van der Waals surface area contributed by atoms with Gasteiger partial charge in [-0.15, -0.1) is 0 Å². The van der Waals surface area contributed by atoms with Gasteiger partial charge in [-0.05, 0) is 45.4 Å². The molecule has 0 fully saturated rings. The summed E-state index contributed by atoms with van der Waals surface area (Å²) >= 11 is 6.34. The SMILES string of the molecule is CC(N)c1ccc2c(ccn2C(=O)OC(C)(C)C)c1Cl. The van der Waals surface area contributed by atoms with Crippen LogP contribution < -0.4 is 5.73 Å². The Morgan fingerprint density at radius 2 is 2.00 bits per heavy atom. The molecule has 0 aliphatic rings. The van der Waals surface area contributed by atoms with Crippen LogP contribution in [0.4, 0.5) is 4.79 Å². The first kappa shape index (κ1) is 14.9. The van der Waals surface area contributed by atoms with Gasteiger partial charge in [0.25, 0.3) is 0 Å². The lowest BCUT2D eigenvalue weighted by Crippen LogP contribution is -2.26. The van der Waals surface area contributed by atoms with Crippen molar-refractivity contribution < 1.29 is 9.53 Å². The summed E-state index contributed by atoms with van der Waals surface area (Å²) in [6.45, 7) is 7.37. The van der Waals surface area contributed by atoms with E-state index in [2.05, 4.69) is 0 Å². The average molecular weight is 295 g/mol. The van der Waals surface area contributed by atoms with Gasteiger partial charge in [0.1, 0.15) is 5.60 Å². The Morgan fingerprint density at radius 1 is 1.35 bits per heavy atom. The zero-order chi connectivity index (χ0) is 15.1. The number of rotatable bonds is 1. The molecule has 0 aliphatic heterocycles. The molecule has 0 amide bonds. The zero-order valence-corrected chi connectivity index (χ0v) is 12.9. The van der Waals surface area contributed by atoms with E-state index >= 15 is 0 Å². The molecule has 0 saturated heterocycles. The van der Waals surface area contributed by atoms with Crippen LogP contribution in [-0.2, 0) is 4.74 Å². The van der Waals surface area contributed by atoms with Crippen molar-refractivity contribution in [3.05, 3.63) is 35.0 Å². The third kappa shape index (κ3) is 2.81. The highest BCUT2D eigenvalue weighted by Gasteiger charge is 2.20. The zero-order valence-electron chi connectivity index (χ0n) is 12.1. The number of ether oxygens (including phenoxy) is 1. The summed E-state index contributed by atoms with van der Waals surface area (Å²) in [5.41, 5.74) is 6.91. The van der Waals surface area contributed by atoms with Gasteiger partial charge in [-0.1, -0.05) is 17.7 Å². The van der Waals surface area contributed by atoms with Gasteiger partial charge < -0.3 is 10.5 Å². The Labute approximate surface area is 123 Å². The Kier molecular flexibility index (Phi) is 3.80. The van der Waals surface area contributed by atoms with Crippen molar-refractivity contribution in [3.8, 4) is 0 Å². The van der Waals surface area contributed by atoms with Crippen LogP contribution in [0.25, 0.3) is 10.9 Å². The lowest BCUT2D eigenvalue weighted by atomic mass is 10.1. The van der Waals surface area contributed by atoms with Crippen LogP contribution in [0, 0.1) is 0 Å². The number of nitrogens with two attached hydrogens (primary N) is 1. The average Bonchev–Trinajstić information content (AvgIpc) is 2.71. The first-order valence-electron chi connectivity index (χ1n) is 6.49. The second-order valence-corrected chi connectivity index (χ2v) is 6.23. The van der Waals surface area contributed by atoms with Crippen LogP contribution in [-0.4, -0.2) is 16.3 Å². The molecule has 1 aromatic heterocycles. The number of halogens is 1. The van der Waals surface area contributed by atoms with E-state index in [1.54, 1.807) is 12.3 Å². The minimum Gasteiger partial charge on any atom is -0.443 e. The maximum Gasteiger partial charge on any atom is 0.418 e. The molecule has 108 valence electrons. The van der Waals surface area contributed by atoms with Crippen molar-refractivity contribution in [2.75, 3.05) is 0 Å². The number of carbonyl (C=O) groups excluding carboxylic acids is 1. The molecule has 1 aromatic carbocycles. The van der Waals surface area contributed by atoms with Crippen molar-refractivity contribution >= 4 is 28.6 Å². The quantitative estimate of drug-likeness (QED) is 0.861. The maximum absolute atomic E-state index is 12.1. The van der Waals surface area contributed by atoms with Crippen molar-refractivity contribution in [2.24, 2.45) is 5.73 Å². The predicted molar refractivity (Wildman–Crippen MR) is 81.2 cm³/mol. The number of fused-ring (bicyclic) bond motifs is 1. The number of carbonyl (C=O) groups is 1. The molecule has 0 bridgehead atoms. The number of benzene rings is 1. The summed E-state index contributed by atoms with van der Waals surface area (Å²) in [7, 11) is 0. The molecule has 2 aromatic rings. The summed E-state index contributed by atoms with van der Waals surface area (Å²) in [4.78, 5) is 12.1. The lowest BCUT2D eigenvalue weighted by molar-refractivity contribution is 0.0544. The largest absolute Gasteiger partial charge is 0.443 e. The molecule has 1 unspecified atom stereocenters. The van der Waals surface area contributed by atoms with Gasteiger partial charge >= 0.3 is 6.09 Å². The molecule has 5 heteroatoms. The normalized spacial score (nSPS) is 13.5. The Hall–Kier alpha value is -1.52. The minimum absolute atomic E-state index is 0.156. The topological polar surface area (TPSA) is 57.2 Å². The van der Waals surface area contributed by atoms with E-state index in [1.807, 2.05) is 39.8 Å². The summed E-state index contributed by atoms with van der Waals surface area (Å²) in [6, 6.07) is 5.32. The monoisotopic (exact) mass is 294 g/mol. The number of aromatic nitrogens is 1. The van der Waals surface area contributed by atoms with Crippen molar-refractivity contribution in [1.29, 1.82) is 0 Å². The van der Waals surface area contributed by atoms with Gasteiger partial charge in [-0.25, -0.2) is 4.79 Å². The molecule has 1 heterocycles. The van der Waals surface area contributed by atoms with Gasteiger partial charge in [0.05, 0.1) is 10.5 Å². The number of hydrogen-bond donors (Lipinski definition) is 1. The van der Waals surface area contributed by atoms with E-state index in [9.17, 15) is 4.79 Å². The molecule has 0 radical (unpaired) electrons. The molecule has 0 aliphatic carbocycles. The molecule has 0 spiro atoms. The van der Waals surface area contributed by atoms with Crippen LogP contribution in [0.2, 0.25) is 5.02 Å². The van der Waals surface area contributed by atoms with E-state index < -0.39 is 11.7 Å². The van der Waals surface area contributed by atoms with Crippen molar-refractivity contribution in [3.63, 3.8) is 0 Å². The highest BCUT2D eigenvalue weighted by Crippen LogP contribution is 2.31. The summed E-state index contributed by atoms with van der Waals surface area (Å²) < 4.78 is 6.82. The highest BCUT2D eigenvalue weighted by molar-refractivity contribution is 6.36. The van der Waals surface area contributed by atoms with E-state index in [0.29, 0.717) is 10.5 Å². The minimum atomic E-state index is -0.539. The third-order valence-corrected chi connectivity index (χ3v) is 3.34. The van der Waals surface area contributed by atoms with Crippen LogP contribution in [0.1, 0.15) is 39.3 Å². The van der Waals surface area contributed by atoms with Crippen molar-refractivity contribution in [2.45, 2.75) is 39.3 Å². The Balaban J connectivity index is 2.48. The van der Waals surface area contributed by atoms with Crippen LogP contribution >= 0.6 is 11.6 Å². The van der Waals surface area contributed by atoms with E-state index in [1.165, 1.54) is 4.57 Å². The van der Waals surface area contributed by atoms with Gasteiger partial charge in [0, 0.05) is 17.6 Å². The molecular weight excluding hydrogens is 276 g/mol. The van der Waals surface area contributed by atoms with Gasteiger partial charge in [-0.2, -0.15) is 0 Å². The van der Waals surface area contributed by atoms with Crippen LogP contribution in [0.15, 0.2) is 24.4 Å². The molecule has 2 N–H and O–H groups in total. The Bertz CT molecular complexity index is 654. The van der Waals surface area contributed by atoms with Crippen LogP contribution in [0.5, 0.6) is 0 Å². The molecule has 0 saturated carbocycles. The first-order valence-corrected chi connectivity index (χ1v) is 6.87. The molecule has 1 atom stereocenters. The molecule has 2 rings (SSSR count). The fraction of sp³-hybridized carbons (Fsp3) is 0.400. The smallest absolute Gasteiger partial charge is 0.418 e. The van der Waals surface area contributed by atoms with Gasteiger partial charge in [0.2, 0.25) is 0 Å². The summed E-state index contributed by atoms with van der Waals surface area (Å²) in [6.07, 6.45) is 1.24. The van der Waals surface area contributed by atoms with E-state index in [4.69, 9.17) is 22.1 Å². The summed E-state index contributed by atoms with van der Waals surface area (Å²) in [5, 5.41) is 1.38. The van der Waals surface area contributed by atoms with E-state index in [0.717, 1.165) is 10.9 Å². The standard InChI is InChI=1S/C15H19ClN2O2/c1-9(17)10-5-6-12-11(13(10)16)7-8-18(12)14(19)20-15(2,3)4/h5-9H,17H2,1-4H3. The van der Waals surface area contributed by atoms with Gasteiger partial charge in [0.15, 0.2) is 0 Å². The maximum atomic E-state index is 12.1. The molecule has 20 heavy (non-hydrogen) atoms. The fourth-order valence-electron chi connectivity index (χ4n) is 2.02. The fourth-order valence-corrected chi connectivity index (χ4v) is 2.41. The Morgan fingerprint density at radius 3 is 2.55 bits per heavy atom. The molecule has 4 nitrogen and oxygen atoms in total. The third-order valence-electron chi connectivity index (χ3n) is 2.92. The molecular formula is C15H19ClN2O2. The van der Waals surface area contributed by atoms with Gasteiger partial charge in [-0.3, -0.25) is 4.57 Å². The van der Waals surface area contributed by atoms with E-state index in [-0.39, 0.29) is 6.04 Å².